The third-order valence-corrected chi connectivity index (χ3v) is 4.60. The summed E-state index contributed by atoms with van der Waals surface area (Å²) >= 11 is 0. The minimum atomic E-state index is -0.554. The molecule has 5 nitrogen and oxygen atoms in total. The summed E-state index contributed by atoms with van der Waals surface area (Å²) in [5, 5.41) is 9.37. The summed E-state index contributed by atoms with van der Waals surface area (Å²) in [5.74, 6) is -0.399. The third-order valence-electron chi connectivity index (χ3n) is 4.60. The van der Waals surface area contributed by atoms with Crippen LogP contribution in [0.5, 0.6) is 0 Å². The molecule has 0 saturated carbocycles. The van der Waals surface area contributed by atoms with E-state index in [9.17, 15) is 19.2 Å². The summed E-state index contributed by atoms with van der Waals surface area (Å²) in [4.78, 5) is 26.4. The average Bonchev–Trinajstić information content (AvgIpc) is 3.15. The summed E-state index contributed by atoms with van der Waals surface area (Å²) in [6.45, 7) is 3.81. The minimum Gasteiger partial charge on any atom is -0.457 e. The Morgan fingerprint density at radius 1 is 1.14 bits per heavy atom. The van der Waals surface area contributed by atoms with Gasteiger partial charge in [-0.15, -0.1) is 0 Å². The van der Waals surface area contributed by atoms with Crippen LogP contribution in [-0.4, -0.2) is 23.3 Å². The van der Waals surface area contributed by atoms with Crippen molar-refractivity contribution in [1.82, 2.24) is 4.90 Å². The van der Waals surface area contributed by atoms with Crippen LogP contribution >= 0.6 is 0 Å². The van der Waals surface area contributed by atoms with Gasteiger partial charge in [-0.1, -0.05) is 13.3 Å². The Kier molecular flexibility index (Phi) is 5.55. The first-order valence-corrected chi connectivity index (χ1v) is 9.01. The van der Waals surface area contributed by atoms with E-state index in [0.717, 1.165) is 11.3 Å². The van der Waals surface area contributed by atoms with E-state index in [2.05, 4.69) is 0 Å². The van der Waals surface area contributed by atoms with Crippen LogP contribution in [0.1, 0.15) is 32.4 Å². The fourth-order valence-electron chi connectivity index (χ4n) is 2.99. The fourth-order valence-corrected chi connectivity index (χ4v) is 2.99. The number of hydrogen-bond acceptors (Lipinski definition) is 4. The molecule has 0 saturated heterocycles. The molecule has 0 aliphatic carbocycles. The van der Waals surface area contributed by atoms with E-state index >= 15 is 0 Å². The van der Waals surface area contributed by atoms with Crippen molar-refractivity contribution in [2.45, 2.75) is 26.7 Å². The molecule has 142 valence electrons. The number of carbonyl (C=O) groups is 2. The van der Waals surface area contributed by atoms with E-state index in [-0.39, 0.29) is 23.5 Å². The molecule has 6 heteroatoms. The molecule has 0 unspecified atom stereocenters. The zero-order valence-corrected chi connectivity index (χ0v) is 15.7. The number of nitrogens with zero attached hydrogens (tertiary/aromatic N) is 2. The Hall–Kier alpha value is -3.46. The second kappa shape index (κ2) is 8.05. The Bertz CT molecular complexity index is 1020. The maximum atomic E-state index is 13.1. The number of hydrogen-bond donors (Lipinski definition) is 0. The largest absolute Gasteiger partial charge is 0.457 e. The number of halogens is 1. The number of carbonyl (C=O) groups excluding carboxylic acids is 2. The molecule has 1 aromatic heterocycles. The lowest BCUT2D eigenvalue weighted by Crippen LogP contribution is -2.43. The highest BCUT2D eigenvalue weighted by Crippen LogP contribution is 2.29. The first-order chi connectivity index (χ1) is 13.5. The highest BCUT2D eigenvalue weighted by atomic mass is 19.1. The smallest absolute Gasteiger partial charge is 0.271 e. The fraction of sp³-hybridized carbons (Fsp3) is 0.227. The lowest BCUT2D eigenvalue weighted by Gasteiger charge is -2.27. The summed E-state index contributed by atoms with van der Waals surface area (Å²) in [6.07, 6.45) is 3.02. The Balaban J connectivity index is 1.99. The third kappa shape index (κ3) is 3.65. The summed E-state index contributed by atoms with van der Waals surface area (Å²) < 4.78 is 18.8. The number of unbranched alkanes of at least 4 members (excludes halogenated alkanes) is 1. The number of nitriles is 1. The molecule has 0 N–H and O–H groups in total. The zero-order valence-electron chi connectivity index (χ0n) is 15.7. The molecular formula is C22H19FN2O3. The number of furan rings is 1. The van der Waals surface area contributed by atoms with Gasteiger partial charge in [-0.2, -0.15) is 5.26 Å². The molecule has 2 heterocycles. The molecular weight excluding hydrogens is 359 g/mol. The topological polar surface area (TPSA) is 74.3 Å². The van der Waals surface area contributed by atoms with Gasteiger partial charge in [0, 0.05) is 17.7 Å². The van der Waals surface area contributed by atoms with Gasteiger partial charge in [0.25, 0.3) is 11.8 Å². The van der Waals surface area contributed by atoms with E-state index in [1.165, 1.54) is 18.2 Å². The molecule has 1 aromatic carbocycles. The molecule has 3 rings (SSSR count). The highest BCUT2D eigenvalue weighted by Gasteiger charge is 2.35. The molecule has 0 bridgehead atoms. The Labute approximate surface area is 162 Å². The average molecular weight is 378 g/mol. The standard InChI is InChI=1S/C22H19FN2O3/c1-3-4-11-25-21(26)18(14(2)19(13-24)22(25)27)12-17-9-10-20(28-17)15-5-7-16(23)8-6-15/h5-10,12H,3-4,11H2,1-2H3/b18-12-. The molecule has 0 spiro atoms. The van der Waals surface area contributed by atoms with Gasteiger partial charge in [0.1, 0.15) is 29.0 Å². The Morgan fingerprint density at radius 3 is 2.50 bits per heavy atom. The number of rotatable bonds is 5. The normalized spacial score (nSPS) is 16.1. The summed E-state index contributed by atoms with van der Waals surface area (Å²) in [6, 6.07) is 11.2. The van der Waals surface area contributed by atoms with Crippen molar-refractivity contribution in [3.8, 4) is 17.4 Å². The van der Waals surface area contributed by atoms with Gasteiger partial charge in [-0.3, -0.25) is 14.5 Å². The van der Waals surface area contributed by atoms with Gasteiger partial charge in [0.15, 0.2) is 0 Å². The van der Waals surface area contributed by atoms with Gasteiger partial charge in [0.2, 0.25) is 0 Å². The van der Waals surface area contributed by atoms with Crippen LogP contribution < -0.4 is 0 Å². The van der Waals surface area contributed by atoms with Crippen molar-refractivity contribution in [3.05, 3.63) is 64.7 Å². The molecule has 1 aliphatic rings. The SMILES string of the molecule is CCCCN1C(=O)C(C#N)=C(C)/C(=C/c2ccc(-c3ccc(F)cc3)o2)C1=O. The molecule has 28 heavy (non-hydrogen) atoms. The molecule has 0 fully saturated rings. The molecule has 2 aromatic rings. The van der Waals surface area contributed by atoms with E-state index < -0.39 is 11.8 Å². The van der Waals surface area contributed by atoms with Gasteiger partial charge >= 0.3 is 0 Å². The van der Waals surface area contributed by atoms with Crippen LogP contribution in [-0.2, 0) is 9.59 Å². The van der Waals surface area contributed by atoms with E-state index in [0.29, 0.717) is 29.1 Å². The molecule has 0 radical (unpaired) electrons. The second-order valence-corrected chi connectivity index (χ2v) is 6.49. The highest BCUT2D eigenvalue weighted by molar-refractivity contribution is 6.19. The predicted octanol–water partition coefficient (Wildman–Crippen LogP) is 4.48. The van der Waals surface area contributed by atoms with E-state index in [1.54, 1.807) is 31.2 Å². The van der Waals surface area contributed by atoms with Crippen molar-refractivity contribution in [3.63, 3.8) is 0 Å². The van der Waals surface area contributed by atoms with Crippen molar-refractivity contribution < 1.29 is 18.4 Å². The molecule has 1 aliphatic heterocycles. The minimum absolute atomic E-state index is 0.0349. The van der Waals surface area contributed by atoms with Crippen LogP contribution in [0, 0.1) is 17.1 Å². The quantitative estimate of drug-likeness (QED) is 0.568. The van der Waals surface area contributed by atoms with Crippen LogP contribution in [0.3, 0.4) is 0 Å². The van der Waals surface area contributed by atoms with Gasteiger partial charge in [-0.05, 0) is 61.4 Å². The maximum Gasteiger partial charge on any atom is 0.271 e. The van der Waals surface area contributed by atoms with Gasteiger partial charge < -0.3 is 4.42 Å². The first-order valence-electron chi connectivity index (χ1n) is 9.01. The monoisotopic (exact) mass is 378 g/mol. The van der Waals surface area contributed by atoms with Crippen LogP contribution in [0.15, 0.2) is 57.5 Å². The van der Waals surface area contributed by atoms with Crippen molar-refractivity contribution >= 4 is 17.9 Å². The van der Waals surface area contributed by atoms with E-state index in [4.69, 9.17) is 4.42 Å². The lowest BCUT2D eigenvalue weighted by atomic mass is 9.94. The number of imide groups is 1. The number of amides is 2. The lowest BCUT2D eigenvalue weighted by molar-refractivity contribution is -0.140. The molecule has 2 amide bonds. The summed E-state index contributed by atoms with van der Waals surface area (Å²) in [7, 11) is 0. The summed E-state index contributed by atoms with van der Waals surface area (Å²) in [5.41, 5.74) is 1.26. The predicted molar refractivity (Wildman–Crippen MR) is 102 cm³/mol. The van der Waals surface area contributed by atoms with Gasteiger partial charge in [-0.25, -0.2) is 4.39 Å². The van der Waals surface area contributed by atoms with Crippen molar-refractivity contribution in [2.75, 3.05) is 6.54 Å². The first kappa shape index (κ1) is 19.3. The van der Waals surface area contributed by atoms with Crippen molar-refractivity contribution in [2.24, 2.45) is 0 Å². The van der Waals surface area contributed by atoms with Crippen LogP contribution in [0.25, 0.3) is 17.4 Å². The van der Waals surface area contributed by atoms with E-state index in [1.807, 2.05) is 13.0 Å². The maximum absolute atomic E-state index is 13.1. The Morgan fingerprint density at radius 2 is 1.86 bits per heavy atom. The second-order valence-electron chi connectivity index (χ2n) is 6.49. The number of benzene rings is 1. The molecule has 0 atom stereocenters. The van der Waals surface area contributed by atoms with Crippen LogP contribution in [0.4, 0.5) is 4.39 Å². The van der Waals surface area contributed by atoms with Crippen LogP contribution in [0.2, 0.25) is 0 Å². The van der Waals surface area contributed by atoms with Crippen molar-refractivity contribution in [1.29, 1.82) is 5.26 Å². The van der Waals surface area contributed by atoms with Gasteiger partial charge in [0.05, 0.1) is 0 Å². The zero-order chi connectivity index (χ0) is 20.3.